The van der Waals surface area contributed by atoms with E-state index in [-0.39, 0.29) is 25.0 Å². The molecule has 0 radical (unpaired) electrons. The number of aromatic nitrogens is 1. The van der Waals surface area contributed by atoms with Crippen molar-refractivity contribution in [3.63, 3.8) is 0 Å². The molecule has 28 heavy (non-hydrogen) atoms. The van der Waals surface area contributed by atoms with E-state index in [1.54, 1.807) is 23.1 Å². The molecule has 7 nitrogen and oxygen atoms in total. The number of hydrogen-bond donors (Lipinski definition) is 0. The highest BCUT2D eigenvalue weighted by Gasteiger charge is 2.19. The molecule has 0 N–H and O–H groups in total. The van der Waals surface area contributed by atoms with Crippen molar-refractivity contribution in [2.75, 3.05) is 13.3 Å². The van der Waals surface area contributed by atoms with Crippen LogP contribution in [0.5, 0.6) is 17.2 Å². The van der Waals surface area contributed by atoms with E-state index in [0.29, 0.717) is 36.2 Å². The van der Waals surface area contributed by atoms with Crippen LogP contribution in [0.25, 0.3) is 0 Å². The molecule has 2 aromatic carbocycles. The topological polar surface area (TPSA) is 74.0 Å². The molecule has 0 bridgehead atoms. The number of carbonyl (C=O) groups is 1. The van der Waals surface area contributed by atoms with Crippen molar-refractivity contribution in [3.8, 4) is 17.2 Å². The minimum atomic E-state index is -0.176. The second-order valence-electron chi connectivity index (χ2n) is 6.24. The number of fused-ring (bicyclic) bond motifs is 1. The van der Waals surface area contributed by atoms with Crippen LogP contribution in [0.2, 0.25) is 0 Å². The van der Waals surface area contributed by atoms with Gasteiger partial charge in [-0.2, -0.15) is 0 Å². The summed E-state index contributed by atoms with van der Waals surface area (Å²) in [6.07, 6.45) is 1.37. The van der Waals surface area contributed by atoms with E-state index in [1.165, 1.54) is 6.26 Å². The monoisotopic (exact) mass is 380 g/mol. The Morgan fingerprint density at radius 2 is 1.96 bits per heavy atom. The first-order chi connectivity index (χ1) is 13.7. The van der Waals surface area contributed by atoms with Crippen LogP contribution in [0.15, 0.2) is 59.2 Å². The molecule has 0 saturated heterocycles. The molecule has 0 saturated carbocycles. The van der Waals surface area contributed by atoms with Gasteiger partial charge in [0.2, 0.25) is 12.7 Å². The van der Waals surface area contributed by atoms with Crippen molar-refractivity contribution in [2.45, 2.75) is 20.1 Å². The number of nitrogens with zero attached hydrogens (tertiary/aromatic N) is 2. The zero-order chi connectivity index (χ0) is 19.3. The summed E-state index contributed by atoms with van der Waals surface area (Å²) >= 11 is 0. The van der Waals surface area contributed by atoms with E-state index < -0.39 is 0 Å². The third-order valence-electron chi connectivity index (χ3n) is 4.36. The molecule has 0 atom stereocenters. The Kier molecular flexibility index (Phi) is 5.14. The van der Waals surface area contributed by atoms with Gasteiger partial charge in [-0.3, -0.25) is 4.79 Å². The van der Waals surface area contributed by atoms with Crippen molar-refractivity contribution < 1.29 is 23.4 Å². The fraction of sp³-hybridized carbons (Fsp3) is 0.238. The first kappa shape index (κ1) is 17.9. The van der Waals surface area contributed by atoms with Gasteiger partial charge >= 0.3 is 0 Å². The Morgan fingerprint density at radius 1 is 1.14 bits per heavy atom. The van der Waals surface area contributed by atoms with Crippen LogP contribution in [-0.4, -0.2) is 29.1 Å². The third-order valence-corrected chi connectivity index (χ3v) is 4.36. The lowest BCUT2D eigenvalue weighted by atomic mass is 10.2. The first-order valence-corrected chi connectivity index (χ1v) is 9.03. The molecular weight excluding hydrogens is 360 g/mol. The normalized spacial score (nSPS) is 12.0. The molecule has 0 aliphatic carbocycles. The Bertz CT molecular complexity index is 954. The molecule has 0 unspecified atom stereocenters. The summed E-state index contributed by atoms with van der Waals surface area (Å²) in [6, 6.07) is 15.1. The average Bonchev–Trinajstić information content (AvgIpc) is 3.39. The molecule has 1 aliphatic heterocycles. The second kappa shape index (κ2) is 8.04. The minimum absolute atomic E-state index is 0.109. The Morgan fingerprint density at radius 3 is 2.79 bits per heavy atom. The maximum absolute atomic E-state index is 12.7. The van der Waals surface area contributed by atoms with Crippen LogP contribution in [-0.2, 0) is 13.2 Å². The van der Waals surface area contributed by atoms with Gasteiger partial charge in [0.25, 0.3) is 5.91 Å². The standard InChI is InChI=1S/C21H20N2O5/c1-2-23(11-15-6-4-3-5-7-15)21(24)17-12-26-20(22-17)13-25-16-8-9-18-19(10-16)28-14-27-18/h3-10,12H,2,11,13-14H2,1H3. The largest absolute Gasteiger partial charge is 0.484 e. The summed E-state index contributed by atoms with van der Waals surface area (Å²) in [5.74, 6) is 2.09. The maximum atomic E-state index is 12.7. The van der Waals surface area contributed by atoms with E-state index >= 15 is 0 Å². The van der Waals surface area contributed by atoms with Gasteiger partial charge in [-0.1, -0.05) is 30.3 Å². The van der Waals surface area contributed by atoms with Crippen LogP contribution in [0.3, 0.4) is 0 Å². The third kappa shape index (κ3) is 3.93. The lowest BCUT2D eigenvalue weighted by Gasteiger charge is -2.19. The predicted octanol–water partition coefficient (Wildman–Crippen LogP) is 3.64. The van der Waals surface area contributed by atoms with Crippen LogP contribution in [0, 0.1) is 0 Å². The molecule has 3 aromatic rings. The molecule has 4 rings (SSSR count). The Balaban J connectivity index is 1.38. The van der Waals surface area contributed by atoms with Gasteiger partial charge in [0.05, 0.1) is 0 Å². The number of benzene rings is 2. The smallest absolute Gasteiger partial charge is 0.276 e. The molecule has 144 valence electrons. The SMILES string of the molecule is CCN(Cc1ccccc1)C(=O)c1coc(COc2ccc3c(c2)OCO3)n1. The molecule has 0 spiro atoms. The lowest BCUT2D eigenvalue weighted by molar-refractivity contribution is 0.0746. The second-order valence-corrected chi connectivity index (χ2v) is 6.24. The first-order valence-electron chi connectivity index (χ1n) is 9.03. The average molecular weight is 380 g/mol. The van der Waals surface area contributed by atoms with E-state index in [1.807, 2.05) is 37.3 Å². The summed E-state index contributed by atoms with van der Waals surface area (Å²) in [7, 11) is 0. The van der Waals surface area contributed by atoms with Gasteiger partial charge in [0.15, 0.2) is 23.8 Å². The van der Waals surface area contributed by atoms with E-state index in [9.17, 15) is 4.79 Å². The van der Waals surface area contributed by atoms with Crippen LogP contribution in [0.4, 0.5) is 0 Å². The summed E-state index contributed by atoms with van der Waals surface area (Å²) in [6.45, 7) is 3.35. The van der Waals surface area contributed by atoms with Crippen molar-refractivity contribution >= 4 is 5.91 Å². The summed E-state index contributed by atoms with van der Waals surface area (Å²) in [5, 5.41) is 0. The fourth-order valence-electron chi connectivity index (χ4n) is 2.88. The molecule has 2 heterocycles. The summed E-state index contributed by atoms with van der Waals surface area (Å²) < 4.78 is 21.7. The minimum Gasteiger partial charge on any atom is -0.484 e. The van der Waals surface area contributed by atoms with Gasteiger partial charge < -0.3 is 23.5 Å². The van der Waals surface area contributed by atoms with Gasteiger partial charge in [-0.25, -0.2) is 4.98 Å². The Hall–Kier alpha value is -3.48. The van der Waals surface area contributed by atoms with Gasteiger partial charge in [0, 0.05) is 19.2 Å². The number of amides is 1. The quantitative estimate of drug-likeness (QED) is 0.623. The maximum Gasteiger partial charge on any atom is 0.276 e. The lowest BCUT2D eigenvalue weighted by Crippen LogP contribution is -2.30. The van der Waals surface area contributed by atoms with Gasteiger partial charge in [-0.05, 0) is 24.6 Å². The number of ether oxygens (including phenoxy) is 3. The van der Waals surface area contributed by atoms with Gasteiger partial charge in [-0.15, -0.1) is 0 Å². The molecular formula is C21H20N2O5. The van der Waals surface area contributed by atoms with Crippen LogP contribution < -0.4 is 14.2 Å². The van der Waals surface area contributed by atoms with Crippen molar-refractivity contribution in [2.24, 2.45) is 0 Å². The number of oxazole rings is 1. The van der Waals surface area contributed by atoms with E-state index in [2.05, 4.69) is 4.98 Å². The predicted molar refractivity (Wildman–Crippen MR) is 100 cm³/mol. The highest BCUT2D eigenvalue weighted by atomic mass is 16.7. The van der Waals surface area contributed by atoms with E-state index in [4.69, 9.17) is 18.6 Å². The summed E-state index contributed by atoms with van der Waals surface area (Å²) in [5.41, 5.74) is 1.33. The fourth-order valence-corrected chi connectivity index (χ4v) is 2.88. The molecule has 1 aliphatic rings. The Labute approximate surface area is 162 Å². The van der Waals surface area contributed by atoms with Crippen molar-refractivity contribution in [3.05, 3.63) is 71.9 Å². The zero-order valence-electron chi connectivity index (χ0n) is 15.5. The van der Waals surface area contributed by atoms with Crippen LogP contribution in [0.1, 0.15) is 28.9 Å². The van der Waals surface area contributed by atoms with Crippen LogP contribution >= 0.6 is 0 Å². The summed E-state index contributed by atoms with van der Waals surface area (Å²) in [4.78, 5) is 18.7. The van der Waals surface area contributed by atoms with Gasteiger partial charge in [0.1, 0.15) is 12.0 Å². The molecule has 1 amide bonds. The molecule has 7 heteroatoms. The zero-order valence-corrected chi connectivity index (χ0v) is 15.5. The highest BCUT2D eigenvalue weighted by molar-refractivity contribution is 5.91. The van der Waals surface area contributed by atoms with E-state index in [0.717, 1.165) is 5.56 Å². The van der Waals surface area contributed by atoms with Crippen molar-refractivity contribution in [1.29, 1.82) is 0 Å². The highest BCUT2D eigenvalue weighted by Crippen LogP contribution is 2.35. The molecule has 0 fully saturated rings. The number of carbonyl (C=O) groups excluding carboxylic acids is 1. The number of hydrogen-bond acceptors (Lipinski definition) is 6. The molecule has 1 aromatic heterocycles. The number of rotatable bonds is 7. The van der Waals surface area contributed by atoms with Crippen molar-refractivity contribution in [1.82, 2.24) is 9.88 Å².